The highest BCUT2D eigenvalue weighted by molar-refractivity contribution is 6.04. The minimum Gasteiger partial charge on any atom is -0.330 e. The molecule has 8 heteroatoms. The maximum Gasteiger partial charge on any atom is 0.275 e. The predicted molar refractivity (Wildman–Crippen MR) is 102 cm³/mol. The minimum absolute atomic E-state index is 0.0916. The van der Waals surface area contributed by atoms with Crippen LogP contribution in [0.4, 0.5) is 0 Å². The SMILES string of the molecule is CC1c2cnc(-c3ncccn3)nc2CCN1C(=O)c1n[nH]c2ccccc12. The van der Waals surface area contributed by atoms with Crippen molar-refractivity contribution >= 4 is 16.8 Å². The summed E-state index contributed by atoms with van der Waals surface area (Å²) >= 11 is 0. The number of rotatable bonds is 2. The Labute approximate surface area is 160 Å². The first-order valence-corrected chi connectivity index (χ1v) is 9.09. The molecular weight excluding hydrogens is 354 g/mol. The van der Waals surface area contributed by atoms with Crippen LogP contribution in [0.5, 0.6) is 0 Å². The maximum atomic E-state index is 13.2. The summed E-state index contributed by atoms with van der Waals surface area (Å²) in [4.78, 5) is 32.5. The number of amides is 1. The molecule has 1 aromatic carbocycles. The van der Waals surface area contributed by atoms with Gasteiger partial charge in [-0.1, -0.05) is 18.2 Å². The molecule has 1 amide bonds. The van der Waals surface area contributed by atoms with Crippen molar-refractivity contribution in [2.75, 3.05) is 6.54 Å². The number of nitrogens with zero attached hydrogens (tertiary/aromatic N) is 6. The molecule has 1 aliphatic heterocycles. The summed E-state index contributed by atoms with van der Waals surface area (Å²) in [6, 6.07) is 9.26. The van der Waals surface area contributed by atoms with Crippen LogP contribution in [0.25, 0.3) is 22.6 Å². The number of aromatic amines is 1. The highest BCUT2D eigenvalue weighted by Crippen LogP contribution is 2.30. The topological polar surface area (TPSA) is 101 Å². The van der Waals surface area contributed by atoms with Gasteiger partial charge in [-0.15, -0.1) is 0 Å². The van der Waals surface area contributed by atoms with Gasteiger partial charge >= 0.3 is 0 Å². The van der Waals surface area contributed by atoms with Crippen molar-refractivity contribution in [2.24, 2.45) is 0 Å². The zero-order valence-electron chi connectivity index (χ0n) is 15.2. The lowest BCUT2D eigenvalue weighted by Gasteiger charge is -2.34. The number of hydrogen-bond donors (Lipinski definition) is 1. The molecule has 0 bridgehead atoms. The summed E-state index contributed by atoms with van der Waals surface area (Å²) in [5.74, 6) is 0.912. The minimum atomic E-state index is -0.141. The Hall–Kier alpha value is -3.68. The van der Waals surface area contributed by atoms with Crippen LogP contribution in [-0.2, 0) is 6.42 Å². The summed E-state index contributed by atoms with van der Waals surface area (Å²) in [6.45, 7) is 2.56. The molecule has 5 rings (SSSR count). The number of nitrogens with one attached hydrogen (secondary N) is 1. The smallest absolute Gasteiger partial charge is 0.275 e. The van der Waals surface area contributed by atoms with Gasteiger partial charge in [-0.3, -0.25) is 9.89 Å². The van der Waals surface area contributed by atoms with Gasteiger partial charge in [0.1, 0.15) is 0 Å². The normalized spacial score (nSPS) is 16.2. The number of fused-ring (bicyclic) bond motifs is 2. The van der Waals surface area contributed by atoms with E-state index in [-0.39, 0.29) is 11.9 Å². The van der Waals surface area contributed by atoms with Crippen LogP contribution < -0.4 is 0 Å². The highest BCUT2D eigenvalue weighted by atomic mass is 16.2. The second-order valence-electron chi connectivity index (χ2n) is 6.71. The fourth-order valence-electron chi connectivity index (χ4n) is 3.63. The first-order chi connectivity index (χ1) is 13.7. The lowest BCUT2D eigenvalue weighted by molar-refractivity contribution is 0.0671. The highest BCUT2D eigenvalue weighted by Gasteiger charge is 2.31. The van der Waals surface area contributed by atoms with E-state index in [0.717, 1.165) is 22.2 Å². The Balaban J connectivity index is 1.47. The van der Waals surface area contributed by atoms with Gasteiger partial charge in [0.2, 0.25) is 0 Å². The molecule has 3 aromatic heterocycles. The van der Waals surface area contributed by atoms with E-state index < -0.39 is 0 Å². The molecule has 0 aliphatic carbocycles. The lowest BCUT2D eigenvalue weighted by Crippen LogP contribution is -2.39. The quantitative estimate of drug-likeness (QED) is 0.581. The predicted octanol–water partition coefficient (Wildman–Crippen LogP) is 2.57. The van der Waals surface area contributed by atoms with Crippen LogP contribution in [0, 0.1) is 0 Å². The first-order valence-electron chi connectivity index (χ1n) is 9.09. The van der Waals surface area contributed by atoms with Crippen LogP contribution >= 0.6 is 0 Å². The van der Waals surface area contributed by atoms with Crippen molar-refractivity contribution in [3.8, 4) is 11.6 Å². The van der Waals surface area contributed by atoms with E-state index in [0.29, 0.717) is 30.3 Å². The molecule has 1 unspecified atom stereocenters. The monoisotopic (exact) mass is 371 g/mol. The zero-order valence-corrected chi connectivity index (χ0v) is 15.2. The van der Waals surface area contributed by atoms with Gasteiger partial charge < -0.3 is 4.90 Å². The summed E-state index contributed by atoms with van der Waals surface area (Å²) < 4.78 is 0. The number of hydrogen-bond acceptors (Lipinski definition) is 6. The van der Waals surface area contributed by atoms with E-state index in [1.54, 1.807) is 24.7 Å². The molecule has 8 nitrogen and oxygen atoms in total. The molecule has 0 radical (unpaired) electrons. The molecule has 0 saturated carbocycles. The van der Waals surface area contributed by atoms with Crippen molar-refractivity contribution in [3.63, 3.8) is 0 Å². The number of H-pyrrole nitrogens is 1. The van der Waals surface area contributed by atoms with Crippen molar-refractivity contribution in [1.82, 2.24) is 35.0 Å². The fraction of sp³-hybridized carbons (Fsp3) is 0.200. The van der Waals surface area contributed by atoms with Crippen molar-refractivity contribution in [1.29, 1.82) is 0 Å². The molecule has 1 aliphatic rings. The maximum absolute atomic E-state index is 13.2. The second-order valence-corrected chi connectivity index (χ2v) is 6.71. The Morgan fingerprint density at radius 1 is 1.11 bits per heavy atom. The molecule has 4 aromatic rings. The third-order valence-corrected chi connectivity index (χ3v) is 5.11. The average Bonchev–Trinajstić information content (AvgIpc) is 3.18. The number of para-hydroxylation sites is 1. The summed E-state index contributed by atoms with van der Waals surface area (Å²) in [7, 11) is 0. The molecule has 0 saturated heterocycles. The molecule has 0 spiro atoms. The Kier molecular flexibility index (Phi) is 3.82. The number of aromatic nitrogens is 6. The van der Waals surface area contributed by atoms with E-state index in [9.17, 15) is 4.79 Å². The lowest BCUT2D eigenvalue weighted by atomic mass is 9.99. The van der Waals surface area contributed by atoms with Gasteiger partial charge in [-0.05, 0) is 19.1 Å². The summed E-state index contributed by atoms with van der Waals surface area (Å²) in [5, 5.41) is 8.01. The Morgan fingerprint density at radius 2 is 1.93 bits per heavy atom. The van der Waals surface area contributed by atoms with Crippen LogP contribution in [-0.4, -0.2) is 47.5 Å². The van der Waals surface area contributed by atoms with Gasteiger partial charge in [-0.2, -0.15) is 5.10 Å². The molecule has 28 heavy (non-hydrogen) atoms. The van der Waals surface area contributed by atoms with Crippen LogP contribution in [0.2, 0.25) is 0 Å². The van der Waals surface area contributed by atoms with E-state index in [2.05, 4.69) is 30.1 Å². The van der Waals surface area contributed by atoms with Crippen LogP contribution in [0.15, 0.2) is 48.9 Å². The fourth-order valence-corrected chi connectivity index (χ4v) is 3.63. The number of carbonyl (C=O) groups excluding carboxylic acids is 1. The van der Waals surface area contributed by atoms with Crippen LogP contribution in [0.1, 0.15) is 34.7 Å². The standard InChI is InChI=1S/C20H17N7O/c1-12-14-11-23-19(18-21-8-4-9-22-18)24-15(14)7-10-27(12)20(28)17-13-5-2-3-6-16(13)25-26-17/h2-6,8-9,11-12H,7,10H2,1H3,(H,25,26). The van der Waals surface area contributed by atoms with Gasteiger partial charge in [0, 0.05) is 42.5 Å². The Morgan fingerprint density at radius 3 is 2.79 bits per heavy atom. The zero-order chi connectivity index (χ0) is 19.1. The average molecular weight is 371 g/mol. The van der Waals surface area contributed by atoms with E-state index in [1.807, 2.05) is 36.1 Å². The van der Waals surface area contributed by atoms with E-state index in [4.69, 9.17) is 0 Å². The molecule has 1 N–H and O–H groups in total. The van der Waals surface area contributed by atoms with Gasteiger partial charge in [0.05, 0.1) is 17.3 Å². The largest absolute Gasteiger partial charge is 0.330 e. The third kappa shape index (κ3) is 2.61. The summed E-state index contributed by atoms with van der Waals surface area (Å²) in [6.07, 6.45) is 5.77. The van der Waals surface area contributed by atoms with Crippen molar-refractivity contribution in [3.05, 3.63) is 65.9 Å². The van der Waals surface area contributed by atoms with Gasteiger partial charge in [0.25, 0.3) is 5.91 Å². The van der Waals surface area contributed by atoms with Gasteiger partial charge in [-0.25, -0.2) is 19.9 Å². The van der Waals surface area contributed by atoms with E-state index in [1.165, 1.54) is 0 Å². The number of carbonyl (C=O) groups is 1. The molecule has 4 heterocycles. The molecule has 138 valence electrons. The third-order valence-electron chi connectivity index (χ3n) is 5.11. The summed E-state index contributed by atoms with van der Waals surface area (Å²) in [5.41, 5.74) is 3.17. The van der Waals surface area contributed by atoms with Gasteiger partial charge in [0.15, 0.2) is 17.3 Å². The Bertz CT molecular complexity index is 1170. The first kappa shape index (κ1) is 16.5. The molecule has 1 atom stereocenters. The second kappa shape index (κ2) is 6.49. The van der Waals surface area contributed by atoms with Crippen molar-refractivity contribution in [2.45, 2.75) is 19.4 Å². The van der Waals surface area contributed by atoms with Crippen molar-refractivity contribution < 1.29 is 4.79 Å². The van der Waals surface area contributed by atoms with Crippen LogP contribution in [0.3, 0.4) is 0 Å². The molecule has 0 fully saturated rings. The number of benzene rings is 1. The van der Waals surface area contributed by atoms with E-state index >= 15 is 0 Å². The molecular formula is C20H17N7O.